The molecular weight excluding hydrogens is 404 g/mol. The zero-order chi connectivity index (χ0) is 20.5. The molecule has 0 atom stereocenters. The van der Waals surface area contributed by atoms with Gasteiger partial charge in [-0.1, -0.05) is 54.3 Å². The molecule has 144 valence electrons. The third-order valence-corrected chi connectivity index (χ3v) is 5.48. The van der Waals surface area contributed by atoms with Crippen LogP contribution in [0, 0.1) is 0 Å². The molecule has 1 N–H and O–H groups in total. The number of carboxylic acids is 1. The van der Waals surface area contributed by atoms with Crippen LogP contribution in [0.1, 0.15) is 34.0 Å². The molecule has 1 aliphatic heterocycles. The van der Waals surface area contributed by atoms with Crippen LogP contribution in [-0.4, -0.2) is 26.2 Å². The highest BCUT2D eigenvalue weighted by Crippen LogP contribution is 2.34. The van der Waals surface area contributed by atoms with E-state index in [1.54, 1.807) is 24.3 Å². The summed E-state index contributed by atoms with van der Waals surface area (Å²) in [7, 11) is 0. The maximum Gasteiger partial charge on any atom is 0.335 e. The van der Waals surface area contributed by atoms with Gasteiger partial charge in [0.2, 0.25) is 0 Å². The summed E-state index contributed by atoms with van der Waals surface area (Å²) in [5, 5.41) is 8.94. The molecule has 0 unspecified atom stereocenters. The number of amides is 1. The first-order valence-corrected chi connectivity index (χ1v) is 9.43. The van der Waals surface area contributed by atoms with E-state index >= 15 is 0 Å². The normalized spacial score (nSPS) is 16.1. The van der Waals surface area contributed by atoms with Gasteiger partial charge in [0.25, 0.3) is 11.8 Å². The highest BCUT2D eigenvalue weighted by molar-refractivity contribution is 8.26. The minimum absolute atomic E-state index is 0.101. The van der Waals surface area contributed by atoms with E-state index in [4.69, 9.17) is 17.3 Å². The van der Waals surface area contributed by atoms with Crippen LogP contribution in [0.25, 0.3) is 6.08 Å². The molecule has 1 fully saturated rings. The van der Waals surface area contributed by atoms with Gasteiger partial charge in [-0.3, -0.25) is 9.69 Å². The number of carboxylic acid groups (broad SMARTS) is 1. The van der Waals surface area contributed by atoms with E-state index in [1.807, 2.05) is 0 Å². The monoisotopic (exact) mass is 419 g/mol. The fourth-order valence-electron chi connectivity index (χ4n) is 2.63. The lowest BCUT2D eigenvalue weighted by molar-refractivity contribution is -0.122. The van der Waals surface area contributed by atoms with Crippen molar-refractivity contribution < 1.29 is 23.5 Å². The van der Waals surface area contributed by atoms with Crippen LogP contribution in [0.15, 0.2) is 53.4 Å². The number of benzene rings is 2. The quantitative estimate of drug-likeness (QED) is 0.552. The lowest BCUT2D eigenvalue weighted by Gasteiger charge is -2.16. The standard InChI is InChI=1S/C20H15F2NO3S2/c1-20(21,22)15-4-2-3-13(9-15)11-23-17(24)16(28-19(23)27)10-12-5-7-14(8-6-12)18(25)26/h2-10H,11H2,1H3,(H,25,26)/b16-10-. The number of hydrogen-bond acceptors (Lipinski definition) is 4. The lowest BCUT2D eigenvalue weighted by Crippen LogP contribution is -2.27. The Kier molecular flexibility index (Phi) is 5.62. The summed E-state index contributed by atoms with van der Waals surface area (Å²) in [4.78, 5) is 25.4. The Labute approximate surface area is 169 Å². The molecule has 0 spiro atoms. The van der Waals surface area contributed by atoms with Crippen molar-refractivity contribution in [3.63, 3.8) is 0 Å². The minimum atomic E-state index is -2.96. The Morgan fingerprint density at radius 1 is 1.25 bits per heavy atom. The number of hydrogen-bond donors (Lipinski definition) is 1. The van der Waals surface area contributed by atoms with Gasteiger partial charge in [-0.25, -0.2) is 13.6 Å². The van der Waals surface area contributed by atoms with Crippen molar-refractivity contribution in [3.8, 4) is 0 Å². The first-order chi connectivity index (χ1) is 13.1. The van der Waals surface area contributed by atoms with E-state index in [0.29, 0.717) is 20.4 Å². The van der Waals surface area contributed by atoms with E-state index < -0.39 is 11.9 Å². The van der Waals surface area contributed by atoms with Crippen LogP contribution in [0.3, 0.4) is 0 Å². The molecular formula is C20H15F2NO3S2. The number of carbonyl (C=O) groups excluding carboxylic acids is 1. The van der Waals surface area contributed by atoms with Crippen LogP contribution >= 0.6 is 24.0 Å². The molecule has 2 aromatic rings. The fraction of sp³-hybridized carbons (Fsp3) is 0.150. The van der Waals surface area contributed by atoms with Gasteiger partial charge in [0.1, 0.15) is 4.32 Å². The molecule has 0 radical (unpaired) electrons. The maximum absolute atomic E-state index is 13.5. The Morgan fingerprint density at radius 2 is 1.93 bits per heavy atom. The van der Waals surface area contributed by atoms with E-state index in [1.165, 1.54) is 35.2 Å². The second-order valence-electron chi connectivity index (χ2n) is 6.28. The molecule has 1 heterocycles. The largest absolute Gasteiger partial charge is 0.478 e. The van der Waals surface area contributed by atoms with Gasteiger partial charge in [-0.05, 0) is 35.4 Å². The van der Waals surface area contributed by atoms with Crippen LogP contribution in [0.4, 0.5) is 8.78 Å². The molecule has 0 bridgehead atoms. The number of nitrogens with zero attached hydrogens (tertiary/aromatic N) is 1. The van der Waals surface area contributed by atoms with Crippen molar-refractivity contribution in [2.75, 3.05) is 0 Å². The third kappa shape index (κ3) is 4.45. The van der Waals surface area contributed by atoms with Crippen molar-refractivity contribution in [2.24, 2.45) is 0 Å². The van der Waals surface area contributed by atoms with Crippen LogP contribution < -0.4 is 0 Å². The summed E-state index contributed by atoms with van der Waals surface area (Å²) in [6, 6.07) is 12.0. The predicted molar refractivity (Wildman–Crippen MR) is 108 cm³/mol. The number of rotatable bonds is 5. The van der Waals surface area contributed by atoms with E-state index in [0.717, 1.165) is 18.7 Å². The minimum Gasteiger partial charge on any atom is -0.478 e. The Bertz CT molecular complexity index is 982. The summed E-state index contributed by atoms with van der Waals surface area (Å²) in [5.41, 5.74) is 1.25. The molecule has 0 aromatic heterocycles. The second-order valence-corrected chi connectivity index (χ2v) is 7.96. The number of halogens is 2. The van der Waals surface area contributed by atoms with E-state index in [2.05, 4.69) is 0 Å². The van der Waals surface area contributed by atoms with Gasteiger partial charge < -0.3 is 5.11 Å². The van der Waals surface area contributed by atoms with Crippen molar-refractivity contribution in [2.45, 2.75) is 19.4 Å². The molecule has 1 amide bonds. The molecule has 2 aromatic carbocycles. The second kappa shape index (κ2) is 7.81. The lowest BCUT2D eigenvalue weighted by atomic mass is 10.1. The third-order valence-electron chi connectivity index (χ3n) is 4.10. The summed E-state index contributed by atoms with van der Waals surface area (Å²) in [6.07, 6.45) is 1.63. The SMILES string of the molecule is CC(F)(F)c1cccc(CN2C(=O)/C(=C/c3ccc(C(=O)O)cc3)SC2=S)c1. The van der Waals surface area contributed by atoms with Crippen molar-refractivity contribution in [3.05, 3.63) is 75.7 Å². The fourth-order valence-corrected chi connectivity index (χ4v) is 3.89. The number of carbonyl (C=O) groups is 2. The Hall–Kier alpha value is -2.58. The molecule has 4 nitrogen and oxygen atoms in total. The smallest absolute Gasteiger partial charge is 0.335 e. The molecule has 1 aliphatic rings. The average molecular weight is 419 g/mol. The molecule has 3 rings (SSSR count). The zero-order valence-corrected chi connectivity index (χ0v) is 16.3. The first-order valence-electron chi connectivity index (χ1n) is 8.21. The van der Waals surface area contributed by atoms with Crippen LogP contribution in [0.5, 0.6) is 0 Å². The highest BCUT2D eigenvalue weighted by Gasteiger charge is 2.32. The van der Waals surface area contributed by atoms with Crippen molar-refractivity contribution in [1.82, 2.24) is 4.90 Å². The van der Waals surface area contributed by atoms with E-state index in [-0.39, 0.29) is 23.6 Å². The number of aromatic carboxylic acids is 1. The topological polar surface area (TPSA) is 57.6 Å². The molecule has 8 heteroatoms. The Balaban J connectivity index is 1.79. The van der Waals surface area contributed by atoms with Crippen molar-refractivity contribution >= 4 is 46.3 Å². The highest BCUT2D eigenvalue weighted by atomic mass is 32.2. The summed E-state index contributed by atoms with van der Waals surface area (Å²) < 4.78 is 27.4. The number of alkyl halides is 2. The van der Waals surface area contributed by atoms with E-state index in [9.17, 15) is 18.4 Å². The van der Waals surface area contributed by atoms with Gasteiger partial charge in [0.05, 0.1) is 17.0 Å². The zero-order valence-electron chi connectivity index (χ0n) is 14.7. The summed E-state index contributed by atoms with van der Waals surface area (Å²) in [6.45, 7) is 0.925. The average Bonchev–Trinajstić information content (AvgIpc) is 2.89. The van der Waals surface area contributed by atoms with Gasteiger partial charge in [-0.15, -0.1) is 0 Å². The first kappa shape index (κ1) is 20.2. The van der Waals surface area contributed by atoms with Gasteiger partial charge in [0, 0.05) is 12.5 Å². The molecule has 0 aliphatic carbocycles. The number of thiocarbonyl (C=S) groups is 1. The van der Waals surface area contributed by atoms with Gasteiger partial charge in [0.15, 0.2) is 0 Å². The van der Waals surface area contributed by atoms with Gasteiger partial charge in [-0.2, -0.15) is 0 Å². The van der Waals surface area contributed by atoms with Gasteiger partial charge >= 0.3 is 5.97 Å². The molecule has 28 heavy (non-hydrogen) atoms. The summed E-state index contributed by atoms with van der Waals surface area (Å²) in [5.74, 6) is -4.31. The number of thioether (sulfide) groups is 1. The predicted octanol–water partition coefficient (Wildman–Crippen LogP) is 4.90. The van der Waals surface area contributed by atoms with Crippen LogP contribution in [0.2, 0.25) is 0 Å². The molecule has 0 saturated carbocycles. The summed E-state index contributed by atoms with van der Waals surface area (Å²) >= 11 is 6.39. The molecule has 1 saturated heterocycles. The maximum atomic E-state index is 13.5. The Morgan fingerprint density at radius 3 is 2.54 bits per heavy atom. The van der Waals surface area contributed by atoms with Crippen molar-refractivity contribution in [1.29, 1.82) is 0 Å². The van der Waals surface area contributed by atoms with Crippen LogP contribution in [-0.2, 0) is 17.3 Å².